The Balaban J connectivity index is 1.91. The zero-order valence-corrected chi connectivity index (χ0v) is 17.4. The molecule has 0 aliphatic heterocycles. The van der Waals surface area contributed by atoms with Crippen molar-refractivity contribution in [1.82, 2.24) is 9.88 Å². The summed E-state index contributed by atoms with van der Waals surface area (Å²) in [6.07, 6.45) is 1.75. The van der Waals surface area contributed by atoms with Gasteiger partial charge in [-0.1, -0.05) is 0 Å². The molecule has 1 atom stereocenters. The van der Waals surface area contributed by atoms with E-state index >= 15 is 0 Å². The lowest BCUT2D eigenvalue weighted by molar-refractivity contribution is 0.0591. The van der Waals surface area contributed by atoms with E-state index in [1.54, 1.807) is 57.0 Å². The van der Waals surface area contributed by atoms with Gasteiger partial charge in [0.05, 0.1) is 20.3 Å². The number of nitrogens with zero attached hydrogens (tertiary/aromatic N) is 1. The van der Waals surface area contributed by atoms with Gasteiger partial charge in [-0.15, -0.1) is 0 Å². The molecule has 1 fully saturated rings. The number of aromatic nitrogens is 1. The Hall–Kier alpha value is -3.09. The number of methoxy groups -OCH3 is 2. The Morgan fingerprint density at radius 1 is 1.10 bits per heavy atom. The summed E-state index contributed by atoms with van der Waals surface area (Å²) in [6.45, 7) is 5.19. The molecule has 1 aliphatic carbocycles. The molecule has 7 heteroatoms. The number of aryl methyl sites for hydroxylation is 1. The lowest BCUT2D eigenvalue weighted by atomic mass is 9.99. The predicted octanol–water partition coefficient (Wildman–Crippen LogP) is 3.30. The first-order valence-electron chi connectivity index (χ1n) is 9.58. The molecule has 1 aromatic heterocycles. The lowest BCUT2D eigenvalue weighted by Crippen LogP contribution is -2.45. The first kappa shape index (κ1) is 20.6. The van der Waals surface area contributed by atoms with Crippen LogP contribution in [0.3, 0.4) is 0 Å². The minimum Gasteiger partial charge on any atom is -0.497 e. The van der Waals surface area contributed by atoms with Crippen LogP contribution in [-0.2, 0) is 4.74 Å². The van der Waals surface area contributed by atoms with E-state index in [-0.39, 0.29) is 23.4 Å². The number of ketones is 1. The summed E-state index contributed by atoms with van der Waals surface area (Å²) in [5, 5.41) is 0. The van der Waals surface area contributed by atoms with Gasteiger partial charge < -0.3 is 19.4 Å². The van der Waals surface area contributed by atoms with E-state index in [0.717, 1.165) is 12.8 Å². The highest BCUT2D eigenvalue weighted by Gasteiger charge is 2.40. The number of Topliss-reactive ketones (excluding diaryl/α,β-unsaturated/α-hetero) is 1. The van der Waals surface area contributed by atoms with Gasteiger partial charge >= 0.3 is 5.97 Å². The maximum atomic E-state index is 13.3. The summed E-state index contributed by atoms with van der Waals surface area (Å²) in [6, 6.07) is 6.26. The van der Waals surface area contributed by atoms with Gasteiger partial charge in [-0.25, -0.2) is 4.79 Å². The fourth-order valence-electron chi connectivity index (χ4n) is 3.65. The molecule has 1 aromatic carbocycles. The number of amides is 1. The number of nitrogens with one attached hydrogen (secondary N) is 1. The second-order valence-corrected chi connectivity index (χ2v) is 7.33. The Morgan fingerprint density at radius 2 is 1.72 bits per heavy atom. The van der Waals surface area contributed by atoms with E-state index in [4.69, 9.17) is 9.47 Å². The number of rotatable bonds is 7. The van der Waals surface area contributed by atoms with Crippen LogP contribution in [0.2, 0.25) is 0 Å². The number of esters is 1. The molecular formula is C22H26N2O5. The second-order valence-electron chi connectivity index (χ2n) is 7.33. The number of benzene rings is 1. The highest BCUT2D eigenvalue weighted by molar-refractivity contribution is 6.07. The quantitative estimate of drug-likeness (QED) is 0.571. The summed E-state index contributed by atoms with van der Waals surface area (Å²) in [4.78, 5) is 43.1. The molecule has 0 unspecified atom stereocenters. The van der Waals surface area contributed by atoms with Crippen LogP contribution in [-0.4, -0.2) is 53.8 Å². The third-order valence-corrected chi connectivity index (χ3v) is 5.38. The van der Waals surface area contributed by atoms with Crippen molar-refractivity contribution in [3.8, 4) is 5.75 Å². The van der Waals surface area contributed by atoms with E-state index in [1.807, 2.05) is 0 Å². The van der Waals surface area contributed by atoms with Gasteiger partial charge in [-0.3, -0.25) is 9.59 Å². The van der Waals surface area contributed by atoms with Crippen LogP contribution in [0.4, 0.5) is 0 Å². The van der Waals surface area contributed by atoms with Crippen molar-refractivity contribution in [2.24, 2.45) is 0 Å². The third kappa shape index (κ3) is 3.90. The molecule has 154 valence electrons. The molecule has 29 heavy (non-hydrogen) atoms. The average molecular weight is 398 g/mol. The van der Waals surface area contributed by atoms with Crippen LogP contribution >= 0.6 is 0 Å². The van der Waals surface area contributed by atoms with E-state index in [9.17, 15) is 14.4 Å². The summed E-state index contributed by atoms with van der Waals surface area (Å²) in [5.41, 5.74) is 2.34. The number of carbonyl (C=O) groups is 3. The number of H-pyrrole nitrogens is 1. The zero-order chi connectivity index (χ0) is 21.3. The van der Waals surface area contributed by atoms with Crippen LogP contribution < -0.4 is 4.74 Å². The molecule has 0 spiro atoms. The summed E-state index contributed by atoms with van der Waals surface area (Å²) < 4.78 is 9.93. The van der Waals surface area contributed by atoms with Crippen molar-refractivity contribution >= 4 is 17.7 Å². The van der Waals surface area contributed by atoms with E-state index in [1.165, 1.54) is 7.11 Å². The molecule has 1 amide bonds. The van der Waals surface area contributed by atoms with Crippen LogP contribution in [0.15, 0.2) is 24.3 Å². The fourth-order valence-corrected chi connectivity index (χ4v) is 3.65. The molecule has 0 saturated heterocycles. The first-order chi connectivity index (χ1) is 13.8. The number of aromatic amines is 1. The van der Waals surface area contributed by atoms with Crippen molar-refractivity contribution in [2.75, 3.05) is 14.2 Å². The molecular weight excluding hydrogens is 372 g/mol. The first-order valence-corrected chi connectivity index (χ1v) is 9.58. The zero-order valence-electron chi connectivity index (χ0n) is 17.4. The van der Waals surface area contributed by atoms with Crippen LogP contribution in [0.25, 0.3) is 0 Å². The molecule has 0 radical (unpaired) electrons. The monoisotopic (exact) mass is 398 g/mol. The van der Waals surface area contributed by atoms with Gasteiger partial charge in [0.2, 0.25) is 0 Å². The highest BCUT2D eigenvalue weighted by Crippen LogP contribution is 2.32. The van der Waals surface area contributed by atoms with Gasteiger partial charge in [0.1, 0.15) is 11.4 Å². The molecule has 1 aliphatic rings. The summed E-state index contributed by atoms with van der Waals surface area (Å²) in [5.74, 6) is -0.238. The molecule has 0 bridgehead atoms. The van der Waals surface area contributed by atoms with Crippen LogP contribution in [0.5, 0.6) is 5.75 Å². The smallest absolute Gasteiger partial charge is 0.354 e. The lowest BCUT2D eigenvalue weighted by Gasteiger charge is -2.29. The Bertz CT molecular complexity index is 941. The minimum atomic E-state index is -0.657. The van der Waals surface area contributed by atoms with E-state index < -0.39 is 12.0 Å². The largest absolute Gasteiger partial charge is 0.497 e. The number of ether oxygens (including phenoxy) is 2. The molecule has 1 N–H and O–H groups in total. The number of carbonyl (C=O) groups excluding carboxylic acids is 3. The fraction of sp³-hybridized carbons (Fsp3) is 0.409. The van der Waals surface area contributed by atoms with Crippen molar-refractivity contribution < 1.29 is 23.9 Å². The molecule has 3 rings (SSSR count). The molecule has 7 nitrogen and oxygen atoms in total. The van der Waals surface area contributed by atoms with Crippen molar-refractivity contribution in [1.29, 1.82) is 0 Å². The third-order valence-electron chi connectivity index (χ3n) is 5.38. The van der Waals surface area contributed by atoms with Crippen molar-refractivity contribution in [3.05, 3.63) is 52.3 Å². The average Bonchev–Trinajstić information content (AvgIpc) is 3.51. The number of hydrogen-bond donors (Lipinski definition) is 1. The predicted molar refractivity (Wildman–Crippen MR) is 108 cm³/mol. The van der Waals surface area contributed by atoms with Gasteiger partial charge in [-0.05, 0) is 63.4 Å². The maximum absolute atomic E-state index is 13.3. The Kier molecular flexibility index (Phi) is 5.77. The van der Waals surface area contributed by atoms with Crippen LogP contribution in [0.1, 0.15) is 62.2 Å². The van der Waals surface area contributed by atoms with Gasteiger partial charge in [-0.2, -0.15) is 0 Å². The second kappa shape index (κ2) is 8.11. The maximum Gasteiger partial charge on any atom is 0.354 e. The molecule has 1 heterocycles. The topological polar surface area (TPSA) is 88.7 Å². The standard InChI is InChI=1S/C22H26N2O5/c1-12-18(13(2)23-19(12)22(27)29-5)20(25)14(3)24(16-8-9-16)21(26)15-6-10-17(28-4)11-7-15/h6-7,10-11,14,16,23H,8-9H2,1-5H3/t14-/m0/s1. The van der Waals surface area contributed by atoms with E-state index in [2.05, 4.69) is 4.98 Å². The Labute approximate surface area is 170 Å². The molecule has 2 aromatic rings. The van der Waals surface area contributed by atoms with E-state index in [0.29, 0.717) is 28.1 Å². The van der Waals surface area contributed by atoms with Crippen molar-refractivity contribution in [2.45, 2.75) is 45.7 Å². The molecule has 1 saturated carbocycles. The van der Waals surface area contributed by atoms with Gasteiger partial charge in [0.25, 0.3) is 5.91 Å². The van der Waals surface area contributed by atoms with Gasteiger partial charge in [0, 0.05) is 22.9 Å². The SMILES string of the molecule is COC(=O)c1[nH]c(C)c(C(=O)[C@H](C)N(C(=O)c2ccc(OC)cc2)C2CC2)c1C. The number of hydrogen-bond acceptors (Lipinski definition) is 5. The Morgan fingerprint density at radius 3 is 2.24 bits per heavy atom. The normalized spacial score (nSPS) is 14.2. The summed E-state index contributed by atoms with van der Waals surface area (Å²) >= 11 is 0. The minimum absolute atomic E-state index is 0.0446. The summed E-state index contributed by atoms with van der Waals surface area (Å²) in [7, 11) is 2.86. The van der Waals surface area contributed by atoms with Crippen LogP contribution in [0, 0.1) is 13.8 Å². The van der Waals surface area contributed by atoms with Crippen molar-refractivity contribution in [3.63, 3.8) is 0 Å². The van der Waals surface area contributed by atoms with Gasteiger partial charge in [0.15, 0.2) is 5.78 Å². The highest BCUT2D eigenvalue weighted by atomic mass is 16.5.